The third-order valence-corrected chi connectivity index (χ3v) is 4.91. The Balaban J connectivity index is 1.33. The van der Waals surface area contributed by atoms with E-state index >= 15 is 0 Å². The van der Waals surface area contributed by atoms with Crippen molar-refractivity contribution in [1.29, 1.82) is 0 Å². The quantitative estimate of drug-likeness (QED) is 0.342. The molecule has 0 unspecified atom stereocenters. The lowest BCUT2D eigenvalue weighted by molar-refractivity contribution is 0.102. The zero-order valence-corrected chi connectivity index (χ0v) is 18.4. The van der Waals surface area contributed by atoms with E-state index in [9.17, 15) is 4.79 Å². The number of hydrogen-bond donors (Lipinski definition) is 1. The van der Waals surface area contributed by atoms with Crippen molar-refractivity contribution in [3.63, 3.8) is 0 Å². The maximum absolute atomic E-state index is 12.7. The Morgan fingerprint density at radius 1 is 0.906 bits per heavy atom. The lowest BCUT2D eigenvalue weighted by Crippen LogP contribution is -2.12. The third kappa shape index (κ3) is 6.03. The highest BCUT2D eigenvalue weighted by Crippen LogP contribution is 2.20. The zero-order valence-electron chi connectivity index (χ0n) is 16.9. The predicted molar refractivity (Wildman–Crippen MR) is 124 cm³/mol. The van der Waals surface area contributed by atoms with Crippen LogP contribution < -0.4 is 14.8 Å². The van der Waals surface area contributed by atoms with Crippen LogP contribution >= 0.6 is 23.2 Å². The molecule has 0 bridgehead atoms. The van der Waals surface area contributed by atoms with E-state index in [1.54, 1.807) is 65.6 Å². The van der Waals surface area contributed by atoms with E-state index in [2.05, 4.69) is 10.4 Å². The second-order valence-electron chi connectivity index (χ2n) is 6.90. The Morgan fingerprint density at radius 3 is 2.31 bits per heavy atom. The van der Waals surface area contributed by atoms with Crippen molar-refractivity contribution < 1.29 is 14.3 Å². The lowest BCUT2D eigenvalue weighted by atomic mass is 10.1. The summed E-state index contributed by atoms with van der Waals surface area (Å²) in [4.78, 5) is 12.7. The fraction of sp³-hybridized carbons (Fsp3) is 0.0833. The molecule has 0 saturated carbocycles. The van der Waals surface area contributed by atoms with E-state index in [1.807, 2.05) is 24.3 Å². The minimum Gasteiger partial charge on any atom is -0.489 e. The second kappa shape index (κ2) is 10.2. The Labute approximate surface area is 195 Å². The summed E-state index contributed by atoms with van der Waals surface area (Å²) in [6.07, 6.45) is 3.25. The average molecular weight is 468 g/mol. The molecule has 3 aromatic carbocycles. The number of amides is 1. The van der Waals surface area contributed by atoms with Gasteiger partial charge in [-0.1, -0.05) is 47.5 Å². The summed E-state index contributed by atoms with van der Waals surface area (Å²) in [5.41, 5.74) is 1.94. The molecule has 8 heteroatoms. The van der Waals surface area contributed by atoms with Gasteiger partial charge in [0.2, 0.25) is 0 Å². The summed E-state index contributed by atoms with van der Waals surface area (Å²) >= 11 is 11.9. The van der Waals surface area contributed by atoms with Gasteiger partial charge in [0.25, 0.3) is 5.91 Å². The van der Waals surface area contributed by atoms with Gasteiger partial charge in [0.1, 0.15) is 18.1 Å². The molecule has 6 nitrogen and oxygen atoms in total. The van der Waals surface area contributed by atoms with E-state index < -0.39 is 0 Å². The topological polar surface area (TPSA) is 65.4 Å². The first-order valence-corrected chi connectivity index (χ1v) is 10.5. The summed E-state index contributed by atoms with van der Waals surface area (Å²) in [5.74, 6) is 1.06. The number of rotatable bonds is 8. The number of anilines is 1. The van der Waals surface area contributed by atoms with Crippen molar-refractivity contribution in [3.8, 4) is 11.5 Å². The molecule has 0 aliphatic rings. The standard InChI is InChI=1S/C24H19Cl2N3O3/c25-19-6-2-8-22(11-19)31-15-17-4-1-5-18(10-17)24(30)28-21-13-27-29(14-21)16-32-23-9-3-7-20(26)12-23/h1-14H,15-16H2,(H,28,30). The number of carbonyl (C=O) groups excluding carboxylic acids is 1. The minimum absolute atomic E-state index is 0.187. The molecule has 1 N–H and O–H groups in total. The number of halogens is 2. The maximum atomic E-state index is 12.7. The predicted octanol–water partition coefficient (Wildman–Crippen LogP) is 6.06. The minimum atomic E-state index is -0.245. The van der Waals surface area contributed by atoms with Crippen molar-refractivity contribution in [3.05, 3.63) is 106 Å². The maximum Gasteiger partial charge on any atom is 0.255 e. The molecule has 0 saturated heterocycles. The van der Waals surface area contributed by atoms with Crippen LogP contribution in [0.25, 0.3) is 0 Å². The van der Waals surface area contributed by atoms with Crippen LogP contribution in [0.3, 0.4) is 0 Å². The van der Waals surface area contributed by atoms with Gasteiger partial charge in [-0.15, -0.1) is 0 Å². The van der Waals surface area contributed by atoms with Gasteiger partial charge in [-0.25, -0.2) is 4.68 Å². The van der Waals surface area contributed by atoms with E-state index in [-0.39, 0.29) is 12.6 Å². The van der Waals surface area contributed by atoms with Gasteiger partial charge in [-0.2, -0.15) is 5.10 Å². The number of benzene rings is 3. The van der Waals surface area contributed by atoms with Crippen LogP contribution in [0.5, 0.6) is 11.5 Å². The highest BCUT2D eigenvalue weighted by Gasteiger charge is 2.09. The average Bonchev–Trinajstić information content (AvgIpc) is 3.24. The normalized spacial score (nSPS) is 10.6. The summed E-state index contributed by atoms with van der Waals surface area (Å²) in [5, 5.41) is 8.24. The van der Waals surface area contributed by atoms with E-state index in [0.29, 0.717) is 39.4 Å². The van der Waals surface area contributed by atoms with E-state index in [1.165, 1.54) is 0 Å². The van der Waals surface area contributed by atoms with Crippen LogP contribution in [0, 0.1) is 0 Å². The van der Waals surface area contributed by atoms with Gasteiger partial charge >= 0.3 is 0 Å². The summed E-state index contributed by atoms with van der Waals surface area (Å²) in [6.45, 7) is 0.507. The number of carbonyl (C=O) groups is 1. The molecule has 0 aliphatic heterocycles. The lowest BCUT2D eigenvalue weighted by Gasteiger charge is -2.08. The van der Waals surface area contributed by atoms with Crippen molar-refractivity contribution in [2.75, 3.05) is 5.32 Å². The van der Waals surface area contributed by atoms with Crippen LogP contribution in [-0.4, -0.2) is 15.7 Å². The Hall–Kier alpha value is -3.48. The van der Waals surface area contributed by atoms with Crippen molar-refractivity contribution >= 4 is 34.8 Å². The Morgan fingerprint density at radius 2 is 1.59 bits per heavy atom. The fourth-order valence-corrected chi connectivity index (χ4v) is 3.29. The van der Waals surface area contributed by atoms with Gasteiger partial charge in [0.05, 0.1) is 18.1 Å². The fourth-order valence-electron chi connectivity index (χ4n) is 2.93. The summed E-state index contributed by atoms with van der Waals surface area (Å²) < 4.78 is 13.0. The molecule has 0 atom stereocenters. The monoisotopic (exact) mass is 467 g/mol. The smallest absolute Gasteiger partial charge is 0.255 e. The largest absolute Gasteiger partial charge is 0.489 e. The number of ether oxygens (including phenoxy) is 2. The first-order valence-electron chi connectivity index (χ1n) is 9.75. The van der Waals surface area contributed by atoms with Crippen molar-refractivity contribution in [2.45, 2.75) is 13.3 Å². The van der Waals surface area contributed by atoms with E-state index in [0.717, 1.165) is 5.56 Å². The van der Waals surface area contributed by atoms with Gasteiger partial charge in [0.15, 0.2) is 6.73 Å². The molecule has 0 radical (unpaired) electrons. The number of aromatic nitrogens is 2. The Bertz CT molecular complexity index is 1230. The molecule has 0 fully saturated rings. The van der Waals surface area contributed by atoms with Crippen LogP contribution in [0.15, 0.2) is 85.2 Å². The van der Waals surface area contributed by atoms with Crippen LogP contribution in [0.1, 0.15) is 15.9 Å². The molecule has 1 amide bonds. The van der Waals surface area contributed by atoms with Crippen LogP contribution in [0.4, 0.5) is 5.69 Å². The SMILES string of the molecule is O=C(Nc1cnn(COc2cccc(Cl)c2)c1)c1cccc(COc2cccc(Cl)c2)c1. The molecule has 4 rings (SSSR count). The molecule has 0 aliphatic carbocycles. The summed E-state index contributed by atoms with van der Waals surface area (Å²) in [7, 11) is 0. The molecule has 1 heterocycles. The van der Waals surface area contributed by atoms with Crippen LogP contribution in [0.2, 0.25) is 10.0 Å². The highest BCUT2D eigenvalue weighted by molar-refractivity contribution is 6.31. The zero-order chi connectivity index (χ0) is 22.3. The molecule has 32 heavy (non-hydrogen) atoms. The highest BCUT2D eigenvalue weighted by atomic mass is 35.5. The van der Waals surface area contributed by atoms with Crippen molar-refractivity contribution in [1.82, 2.24) is 9.78 Å². The molecule has 1 aromatic heterocycles. The number of hydrogen-bond acceptors (Lipinski definition) is 4. The first-order chi connectivity index (χ1) is 15.5. The van der Waals surface area contributed by atoms with E-state index in [4.69, 9.17) is 32.7 Å². The van der Waals surface area contributed by atoms with Gasteiger partial charge < -0.3 is 14.8 Å². The first kappa shape index (κ1) is 21.7. The van der Waals surface area contributed by atoms with Gasteiger partial charge in [-0.3, -0.25) is 4.79 Å². The molecular formula is C24H19Cl2N3O3. The molecule has 0 spiro atoms. The Kier molecular flexibility index (Phi) is 6.94. The summed E-state index contributed by atoms with van der Waals surface area (Å²) in [6, 6.07) is 21.5. The van der Waals surface area contributed by atoms with Crippen molar-refractivity contribution in [2.24, 2.45) is 0 Å². The third-order valence-electron chi connectivity index (χ3n) is 4.44. The van der Waals surface area contributed by atoms with Gasteiger partial charge in [-0.05, 0) is 54.1 Å². The molecule has 162 valence electrons. The molecule has 4 aromatic rings. The second-order valence-corrected chi connectivity index (χ2v) is 7.77. The molecular weight excluding hydrogens is 449 g/mol. The van der Waals surface area contributed by atoms with Gasteiger partial charge in [0, 0.05) is 15.6 Å². The number of nitrogens with one attached hydrogen (secondary N) is 1. The number of nitrogens with zero attached hydrogens (tertiary/aromatic N) is 2. The van der Waals surface area contributed by atoms with Crippen LogP contribution in [-0.2, 0) is 13.3 Å².